The third-order valence-electron chi connectivity index (χ3n) is 6.03. The average Bonchev–Trinajstić information content (AvgIpc) is 3.38. The van der Waals surface area contributed by atoms with Gasteiger partial charge in [-0.25, -0.2) is 9.78 Å². The van der Waals surface area contributed by atoms with Gasteiger partial charge in [0.05, 0.1) is 13.0 Å². The molecule has 0 unspecified atom stereocenters. The Balaban J connectivity index is 1.33. The summed E-state index contributed by atoms with van der Waals surface area (Å²) in [4.78, 5) is 40.9. The van der Waals surface area contributed by atoms with Crippen LogP contribution < -0.4 is 10.6 Å². The first kappa shape index (κ1) is 24.4. The van der Waals surface area contributed by atoms with Crippen molar-refractivity contribution in [1.29, 1.82) is 0 Å². The summed E-state index contributed by atoms with van der Waals surface area (Å²) >= 11 is 1.30. The highest BCUT2D eigenvalue weighted by Gasteiger charge is 2.29. The van der Waals surface area contributed by atoms with Gasteiger partial charge in [-0.05, 0) is 35.6 Å². The number of benzene rings is 2. The van der Waals surface area contributed by atoms with Gasteiger partial charge in [-0.1, -0.05) is 55.5 Å². The van der Waals surface area contributed by atoms with Crippen molar-refractivity contribution in [2.45, 2.75) is 45.2 Å². The SMILES string of the molecule is CC[C@H](CC(=O)O)NC(=O)c1nc(CNC(=O)OCC2c3ccccc3-c3ccccc32)sc1C. The van der Waals surface area contributed by atoms with Crippen LogP contribution in [0.4, 0.5) is 4.79 Å². The Kier molecular flexibility index (Phi) is 7.45. The highest BCUT2D eigenvalue weighted by atomic mass is 32.1. The van der Waals surface area contributed by atoms with Crippen LogP contribution in [0.3, 0.4) is 0 Å². The first-order chi connectivity index (χ1) is 16.9. The van der Waals surface area contributed by atoms with E-state index in [0.717, 1.165) is 22.3 Å². The number of carboxylic acids is 1. The number of amides is 2. The molecule has 1 aliphatic rings. The van der Waals surface area contributed by atoms with Crippen molar-refractivity contribution in [2.24, 2.45) is 0 Å². The van der Waals surface area contributed by atoms with Crippen molar-refractivity contribution in [3.8, 4) is 11.1 Å². The molecule has 8 nitrogen and oxygen atoms in total. The third-order valence-corrected chi connectivity index (χ3v) is 7.00. The van der Waals surface area contributed by atoms with E-state index in [2.05, 4.69) is 39.9 Å². The van der Waals surface area contributed by atoms with E-state index in [1.54, 1.807) is 6.92 Å². The molecule has 0 radical (unpaired) electrons. The lowest BCUT2D eigenvalue weighted by Gasteiger charge is -2.14. The molecule has 3 N–H and O–H groups in total. The van der Waals surface area contributed by atoms with E-state index in [1.165, 1.54) is 11.3 Å². The molecule has 1 heterocycles. The number of rotatable bonds is 9. The zero-order valence-electron chi connectivity index (χ0n) is 19.5. The van der Waals surface area contributed by atoms with E-state index in [9.17, 15) is 14.4 Å². The molecular formula is C26H27N3O5S. The van der Waals surface area contributed by atoms with Gasteiger partial charge in [-0.15, -0.1) is 11.3 Å². The van der Waals surface area contributed by atoms with Crippen molar-refractivity contribution in [1.82, 2.24) is 15.6 Å². The average molecular weight is 494 g/mol. The molecule has 4 rings (SSSR count). The highest BCUT2D eigenvalue weighted by Crippen LogP contribution is 2.44. The first-order valence-corrected chi connectivity index (χ1v) is 12.3. The van der Waals surface area contributed by atoms with Gasteiger partial charge in [0.25, 0.3) is 5.91 Å². The van der Waals surface area contributed by atoms with Gasteiger partial charge in [0.15, 0.2) is 0 Å². The monoisotopic (exact) mass is 493 g/mol. The van der Waals surface area contributed by atoms with E-state index in [4.69, 9.17) is 9.84 Å². The molecule has 2 aromatic carbocycles. The van der Waals surface area contributed by atoms with Crippen molar-refractivity contribution in [3.63, 3.8) is 0 Å². The maximum Gasteiger partial charge on any atom is 0.407 e. The third kappa shape index (κ3) is 5.51. The van der Waals surface area contributed by atoms with Crippen LogP contribution in [0.25, 0.3) is 11.1 Å². The lowest BCUT2D eigenvalue weighted by Crippen LogP contribution is -2.36. The van der Waals surface area contributed by atoms with Gasteiger partial charge in [-0.3, -0.25) is 9.59 Å². The van der Waals surface area contributed by atoms with Crippen LogP contribution in [0.2, 0.25) is 0 Å². The van der Waals surface area contributed by atoms with Crippen LogP contribution in [-0.4, -0.2) is 40.7 Å². The molecule has 35 heavy (non-hydrogen) atoms. The number of fused-ring (bicyclic) bond motifs is 3. The maximum absolute atomic E-state index is 12.5. The Labute approximate surface area is 207 Å². The molecule has 0 saturated heterocycles. The number of alkyl carbamates (subject to hydrolysis) is 1. The molecule has 1 aromatic heterocycles. The Morgan fingerprint density at radius 3 is 2.31 bits per heavy atom. The molecule has 0 bridgehead atoms. The van der Waals surface area contributed by atoms with E-state index in [1.807, 2.05) is 31.2 Å². The van der Waals surface area contributed by atoms with Gasteiger partial charge in [0, 0.05) is 16.8 Å². The second-order valence-electron chi connectivity index (χ2n) is 8.37. The Morgan fingerprint density at radius 1 is 1.09 bits per heavy atom. The molecule has 0 fully saturated rings. The lowest BCUT2D eigenvalue weighted by atomic mass is 9.98. The minimum Gasteiger partial charge on any atom is -0.481 e. The number of hydrogen-bond donors (Lipinski definition) is 3. The second kappa shape index (κ2) is 10.7. The summed E-state index contributed by atoms with van der Waals surface area (Å²) in [5.41, 5.74) is 4.84. The molecule has 1 atom stereocenters. The number of nitrogens with zero attached hydrogens (tertiary/aromatic N) is 1. The predicted octanol–water partition coefficient (Wildman–Crippen LogP) is 4.47. The van der Waals surface area contributed by atoms with Crippen LogP contribution in [0.15, 0.2) is 48.5 Å². The van der Waals surface area contributed by atoms with Crippen LogP contribution >= 0.6 is 11.3 Å². The van der Waals surface area contributed by atoms with Gasteiger partial charge in [0.1, 0.15) is 17.3 Å². The number of hydrogen-bond acceptors (Lipinski definition) is 6. The summed E-state index contributed by atoms with van der Waals surface area (Å²) in [6, 6.07) is 15.8. The number of ether oxygens (including phenoxy) is 1. The van der Waals surface area contributed by atoms with Crippen LogP contribution in [0, 0.1) is 6.92 Å². The van der Waals surface area contributed by atoms with Crippen molar-refractivity contribution < 1.29 is 24.2 Å². The zero-order chi connectivity index (χ0) is 24.9. The molecule has 0 saturated carbocycles. The van der Waals surface area contributed by atoms with Crippen molar-refractivity contribution in [2.75, 3.05) is 6.61 Å². The smallest absolute Gasteiger partial charge is 0.407 e. The summed E-state index contributed by atoms with van der Waals surface area (Å²) < 4.78 is 5.54. The number of thiazole rings is 1. The van der Waals surface area contributed by atoms with Gasteiger partial charge in [-0.2, -0.15) is 0 Å². The fourth-order valence-corrected chi connectivity index (χ4v) is 5.17. The van der Waals surface area contributed by atoms with Gasteiger partial charge < -0.3 is 20.5 Å². The highest BCUT2D eigenvalue weighted by molar-refractivity contribution is 7.11. The Bertz CT molecular complexity index is 1210. The summed E-state index contributed by atoms with van der Waals surface area (Å²) in [6.45, 7) is 3.92. The van der Waals surface area contributed by atoms with E-state index in [-0.39, 0.29) is 31.2 Å². The number of aliphatic carboxylic acids is 1. The van der Waals surface area contributed by atoms with Crippen LogP contribution in [0.1, 0.15) is 57.2 Å². The number of nitrogens with one attached hydrogen (secondary N) is 2. The summed E-state index contributed by atoms with van der Waals surface area (Å²) in [5.74, 6) is -1.41. The maximum atomic E-state index is 12.5. The Hall–Kier alpha value is -3.72. The number of carbonyl (C=O) groups is 3. The largest absolute Gasteiger partial charge is 0.481 e. The minimum absolute atomic E-state index is 0.0251. The standard InChI is InChI=1S/C26H27N3O5S/c1-3-16(12-23(30)31)28-25(32)24-15(2)35-22(29-24)13-27-26(33)34-14-21-19-10-6-4-8-17(19)18-9-5-7-11-20(18)21/h4-11,16,21H,3,12-14H2,1-2H3,(H,27,33)(H,28,32)(H,30,31)/t16-/m1/s1. The molecule has 2 amide bonds. The predicted molar refractivity (Wildman–Crippen MR) is 133 cm³/mol. The number of aromatic nitrogens is 1. The van der Waals surface area contributed by atoms with Crippen LogP contribution in [0.5, 0.6) is 0 Å². The number of carboxylic acid groups (broad SMARTS) is 1. The fourth-order valence-electron chi connectivity index (χ4n) is 4.30. The molecule has 182 valence electrons. The van der Waals surface area contributed by atoms with E-state index in [0.29, 0.717) is 16.3 Å². The molecule has 0 spiro atoms. The topological polar surface area (TPSA) is 118 Å². The summed E-state index contributed by atoms with van der Waals surface area (Å²) in [6.07, 6.45) is -0.211. The molecule has 9 heteroatoms. The first-order valence-electron chi connectivity index (χ1n) is 11.4. The van der Waals surface area contributed by atoms with E-state index < -0.39 is 24.0 Å². The molecule has 3 aromatic rings. The van der Waals surface area contributed by atoms with Crippen molar-refractivity contribution in [3.05, 3.63) is 75.2 Å². The van der Waals surface area contributed by atoms with Crippen LogP contribution in [-0.2, 0) is 16.1 Å². The minimum atomic E-state index is -0.972. The normalized spacial score (nSPS) is 13.0. The Morgan fingerprint density at radius 2 is 1.71 bits per heavy atom. The lowest BCUT2D eigenvalue weighted by molar-refractivity contribution is -0.137. The number of aryl methyl sites for hydroxylation is 1. The molecule has 0 aliphatic heterocycles. The second-order valence-corrected chi connectivity index (χ2v) is 9.66. The van der Waals surface area contributed by atoms with Crippen molar-refractivity contribution >= 4 is 29.3 Å². The summed E-state index contributed by atoms with van der Waals surface area (Å²) in [7, 11) is 0. The van der Waals surface area contributed by atoms with Gasteiger partial charge >= 0.3 is 12.1 Å². The zero-order valence-corrected chi connectivity index (χ0v) is 20.4. The van der Waals surface area contributed by atoms with Gasteiger partial charge in [0.2, 0.25) is 0 Å². The summed E-state index contributed by atoms with van der Waals surface area (Å²) in [5, 5.41) is 15.0. The number of carbonyl (C=O) groups excluding carboxylic acids is 2. The quantitative estimate of drug-likeness (QED) is 0.405. The van der Waals surface area contributed by atoms with E-state index >= 15 is 0 Å². The molecule has 1 aliphatic carbocycles. The molecular weight excluding hydrogens is 466 g/mol. The fraction of sp³-hybridized carbons (Fsp3) is 0.308.